The number of carbonyl (C=O) groups excluding carboxylic acids is 2. The van der Waals surface area contributed by atoms with Gasteiger partial charge >= 0.3 is 5.97 Å². The Kier molecular flexibility index (Phi) is 6.08. The monoisotopic (exact) mass is 443 g/mol. The standard InChI is InChI=1S/C25H25N5O3/c1-16-14-17(2)29(27-16)21-12-10-19(11-13-21)18(3)26-24(31)23-15-22(25(32)33-4)28-30(23)20-8-6-5-7-9-20/h5-15,18H,1-4H3,(H,26,31). The van der Waals surface area contributed by atoms with Crippen molar-refractivity contribution in [1.82, 2.24) is 24.9 Å². The number of para-hydroxylation sites is 1. The Balaban J connectivity index is 1.57. The van der Waals surface area contributed by atoms with Crippen molar-refractivity contribution in [2.45, 2.75) is 26.8 Å². The molecule has 2 aromatic heterocycles. The molecule has 2 heterocycles. The molecule has 1 amide bonds. The van der Waals surface area contributed by atoms with Crippen molar-refractivity contribution in [3.8, 4) is 11.4 Å². The van der Waals surface area contributed by atoms with Crippen LogP contribution in [0.2, 0.25) is 0 Å². The van der Waals surface area contributed by atoms with E-state index in [0.717, 1.165) is 22.6 Å². The minimum absolute atomic E-state index is 0.0633. The first-order valence-corrected chi connectivity index (χ1v) is 10.6. The Labute approximate surface area is 191 Å². The van der Waals surface area contributed by atoms with Crippen LogP contribution < -0.4 is 5.32 Å². The van der Waals surface area contributed by atoms with Gasteiger partial charge < -0.3 is 10.1 Å². The first-order valence-electron chi connectivity index (χ1n) is 10.6. The maximum atomic E-state index is 13.1. The molecule has 0 aliphatic rings. The molecular weight excluding hydrogens is 418 g/mol. The molecule has 0 aliphatic heterocycles. The van der Waals surface area contributed by atoms with E-state index in [1.54, 1.807) is 0 Å². The molecule has 0 bridgehead atoms. The van der Waals surface area contributed by atoms with E-state index in [-0.39, 0.29) is 23.3 Å². The van der Waals surface area contributed by atoms with Crippen LogP contribution in [0.15, 0.2) is 66.7 Å². The van der Waals surface area contributed by atoms with Crippen LogP contribution >= 0.6 is 0 Å². The highest BCUT2D eigenvalue weighted by atomic mass is 16.5. The minimum Gasteiger partial charge on any atom is -0.464 e. The van der Waals surface area contributed by atoms with Gasteiger partial charge in [-0.05, 0) is 56.7 Å². The smallest absolute Gasteiger partial charge is 0.358 e. The summed E-state index contributed by atoms with van der Waals surface area (Å²) in [6, 6.07) is 20.2. The van der Waals surface area contributed by atoms with Gasteiger partial charge in [0.1, 0.15) is 5.69 Å². The maximum absolute atomic E-state index is 13.1. The van der Waals surface area contributed by atoms with Crippen molar-refractivity contribution in [2.75, 3.05) is 7.11 Å². The zero-order valence-electron chi connectivity index (χ0n) is 18.9. The molecule has 33 heavy (non-hydrogen) atoms. The fraction of sp³-hybridized carbons (Fsp3) is 0.200. The number of hydrogen-bond donors (Lipinski definition) is 1. The second kappa shape index (κ2) is 9.12. The minimum atomic E-state index is -0.605. The quantitative estimate of drug-likeness (QED) is 0.456. The summed E-state index contributed by atoms with van der Waals surface area (Å²) in [5.41, 5.74) is 4.87. The fourth-order valence-corrected chi connectivity index (χ4v) is 3.66. The average Bonchev–Trinajstić information content (AvgIpc) is 3.42. The van der Waals surface area contributed by atoms with Crippen LogP contribution in [-0.4, -0.2) is 38.5 Å². The SMILES string of the molecule is COC(=O)c1cc(C(=O)NC(C)c2ccc(-n3nc(C)cc3C)cc2)n(-c2ccccc2)n1. The molecule has 0 saturated carbocycles. The summed E-state index contributed by atoms with van der Waals surface area (Å²) in [4.78, 5) is 25.2. The predicted octanol–water partition coefficient (Wildman–Crippen LogP) is 3.95. The van der Waals surface area contributed by atoms with E-state index in [2.05, 4.69) is 15.5 Å². The predicted molar refractivity (Wildman–Crippen MR) is 124 cm³/mol. The molecule has 1 N–H and O–H groups in total. The molecule has 4 aromatic rings. The lowest BCUT2D eigenvalue weighted by molar-refractivity contribution is 0.0593. The Morgan fingerprint density at radius 1 is 0.909 bits per heavy atom. The topological polar surface area (TPSA) is 91.0 Å². The highest BCUT2D eigenvalue weighted by Gasteiger charge is 2.22. The van der Waals surface area contributed by atoms with Crippen molar-refractivity contribution in [3.05, 3.63) is 95.1 Å². The molecule has 1 unspecified atom stereocenters. The van der Waals surface area contributed by atoms with Gasteiger partial charge in [0.2, 0.25) is 0 Å². The summed E-state index contributed by atoms with van der Waals surface area (Å²) in [5, 5.41) is 11.8. The molecule has 0 radical (unpaired) electrons. The lowest BCUT2D eigenvalue weighted by Gasteiger charge is -2.16. The number of esters is 1. The van der Waals surface area contributed by atoms with Gasteiger partial charge in [-0.15, -0.1) is 0 Å². The highest BCUT2D eigenvalue weighted by Crippen LogP contribution is 2.19. The Bertz CT molecular complexity index is 1290. The van der Waals surface area contributed by atoms with Gasteiger partial charge in [0, 0.05) is 11.8 Å². The second-order valence-corrected chi connectivity index (χ2v) is 7.78. The molecule has 0 fully saturated rings. The third-order valence-corrected chi connectivity index (χ3v) is 5.33. The van der Waals surface area contributed by atoms with E-state index in [0.29, 0.717) is 5.69 Å². The molecular formula is C25H25N5O3. The third-order valence-electron chi connectivity index (χ3n) is 5.33. The van der Waals surface area contributed by atoms with Crippen molar-refractivity contribution >= 4 is 11.9 Å². The van der Waals surface area contributed by atoms with Gasteiger partial charge in [-0.1, -0.05) is 30.3 Å². The fourth-order valence-electron chi connectivity index (χ4n) is 3.66. The van der Waals surface area contributed by atoms with Crippen molar-refractivity contribution in [1.29, 1.82) is 0 Å². The molecule has 168 valence electrons. The number of amides is 1. The van der Waals surface area contributed by atoms with Gasteiger partial charge in [0.15, 0.2) is 5.69 Å². The molecule has 4 rings (SSSR count). The number of hydrogen-bond acceptors (Lipinski definition) is 5. The van der Waals surface area contributed by atoms with E-state index in [9.17, 15) is 9.59 Å². The van der Waals surface area contributed by atoms with Gasteiger partial charge in [-0.3, -0.25) is 4.79 Å². The third kappa shape index (κ3) is 4.55. The number of aromatic nitrogens is 4. The number of nitrogens with one attached hydrogen (secondary N) is 1. The van der Waals surface area contributed by atoms with Crippen LogP contribution in [0.3, 0.4) is 0 Å². The number of rotatable bonds is 6. The number of ether oxygens (including phenoxy) is 1. The van der Waals surface area contributed by atoms with E-state index in [1.807, 2.05) is 86.1 Å². The summed E-state index contributed by atoms with van der Waals surface area (Å²) >= 11 is 0. The summed E-state index contributed by atoms with van der Waals surface area (Å²) < 4.78 is 8.10. The molecule has 8 heteroatoms. The lowest BCUT2D eigenvalue weighted by atomic mass is 10.1. The first kappa shape index (κ1) is 22.0. The number of benzene rings is 2. The van der Waals surface area contributed by atoms with Crippen LogP contribution in [0.5, 0.6) is 0 Å². The number of nitrogens with zero attached hydrogens (tertiary/aromatic N) is 4. The summed E-state index contributed by atoms with van der Waals surface area (Å²) in [6.07, 6.45) is 0. The normalized spacial score (nSPS) is 11.8. The Morgan fingerprint density at radius 3 is 2.18 bits per heavy atom. The second-order valence-electron chi connectivity index (χ2n) is 7.78. The van der Waals surface area contributed by atoms with Gasteiger partial charge in [0.25, 0.3) is 5.91 Å². The highest BCUT2D eigenvalue weighted by molar-refractivity contribution is 5.96. The van der Waals surface area contributed by atoms with Crippen LogP contribution in [-0.2, 0) is 4.74 Å². The Hall–Kier alpha value is -4.20. The first-order chi connectivity index (χ1) is 15.9. The summed E-state index contributed by atoms with van der Waals surface area (Å²) in [7, 11) is 1.28. The van der Waals surface area contributed by atoms with E-state index in [4.69, 9.17) is 4.74 Å². The molecule has 0 saturated heterocycles. The van der Waals surface area contributed by atoms with Crippen molar-refractivity contribution in [2.24, 2.45) is 0 Å². The summed E-state index contributed by atoms with van der Waals surface area (Å²) in [5.74, 6) is -0.955. The van der Waals surface area contributed by atoms with Gasteiger partial charge in [-0.25, -0.2) is 14.2 Å². The number of aryl methyl sites for hydroxylation is 2. The van der Waals surface area contributed by atoms with Gasteiger partial charge in [-0.2, -0.15) is 10.2 Å². The number of carbonyl (C=O) groups is 2. The number of methoxy groups -OCH3 is 1. The zero-order valence-corrected chi connectivity index (χ0v) is 18.9. The van der Waals surface area contributed by atoms with Crippen LogP contribution in [0.1, 0.15) is 50.9 Å². The maximum Gasteiger partial charge on any atom is 0.358 e. The van der Waals surface area contributed by atoms with Crippen LogP contribution in [0.25, 0.3) is 11.4 Å². The zero-order chi connectivity index (χ0) is 23.5. The van der Waals surface area contributed by atoms with E-state index >= 15 is 0 Å². The lowest BCUT2D eigenvalue weighted by Crippen LogP contribution is -2.28. The largest absolute Gasteiger partial charge is 0.464 e. The summed E-state index contributed by atoms with van der Waals surface area (Å²) in [6.45, 7) is 5.87. The molecule has 1 atom stereocenters. The van der Waals surface area contributed by atoms with Crippen molar-refractivity contribution in [3.63, 3.8) is 0 Å². The van der Waals surface area contributed by atoms with Crippen LogP contribution in [0, 0.1) is 13.8 Å². The molecule has 0 aliphatic carbocycles. The van der Waals surface area contributed by atoms with E-state index in [1.165, 1.54) is 17.9 Å². The molecule has 0 spiro atoms. The Morgan fingerprint density at radius 2 is 1.58 bits per heavy atom. The van der Waals surface area contributed by atoms with Crippen LogP contribution in [0.4, 0.5) is 0 Å². The average molecular weight is 444 g/mol. The molecule has 2 aromatic carbocycles. The molecule has 8 nitrogen and oxygen atoms in total. The van der Waals surface area contributed by atoms with Crippen molar-refractivity contribution < 1.29 is 14.3 Å². The van der Waals surface area contributed by atoms with E-state index < -0.39 is 5.97 Å². The van der Waals surface area contributed by atoms with Gasteiger partial charge in [0.05, 0.1) is 30.2 Å².